The Balaban J connectivity index is 2.56. The number of hydrogen-bond donors (Lipinski definition) is 1. The Hall–Kier alpha value is -1.48. The van der Waals surface area contributed by atoms with Crippen molar-refractivity contribution in [2.24, 2.45) is 0 Å². The van der Waals surface area contributed by atoms with Gasteiger partial charge in [0, 0.05) is 34.1 Å². The van der Waals surface area contributed by atoms with Crippen molar-refractivity contribution >= 4 is 17.3 Å². The summed E-state index contributed by atoms with van der Waals surface area (Å²) >= 11 is 6.01. The monoisotopic (exact) mass is 249 g/mol. The van der Waals surface area contributed by atoms with E-state index in [2.05, 4.69) is 18.9 Å². The first-order valence-corrected chi connectivity index (χ1v) is 5.98. The van der Waals surface area contributed by atoms with Gasteiger partial charge in [0.2, 0.25) is 0 Å². The van der Waals surface area contributed by atoms with E-state index < -0.39 is 0 Å². The van der Waals surface area contributed by atoms with Gasteiger partial charge < -0.3 is 5.73 Å². The second-order valence-electron chi connectivity index (χ2n) is 4.43. The zero-order valence-electron chi connectivity index (χ0n) is 10.2. The molecule has 1 heterocycles. The SMILES string of the molecule is Cc1nn(C(C)C)cc1-c1cc(Cl)ccc1N. The van der Waals surface area contributed by atoms with Gasteiger partial charge in [-0.15, -0.1) is 0 Å². The summed E-state index contributed by atoms with van der Waals surface area (Å²) in [6, 6.07) is 5.83. The number of aryl methyl sites for hydroxylation is 1. The molecule has 3 nitrogen and oxygen atoms in total. The Kier molecular flexibility index (Phi) is 3.11. The van der Waals surface area contributed by atoms with E-state index in [9.17, 15) is 0 Å². The van der Waals surface area contributed by atoms with Crippen molar-refractivity contribution in [1.29, 1.82) is 0 Å². The molecule has 0 atom stereocenters. The maximum absolute atomic E-state index is 6.01. The Morgan fingerprint density at radius 3 is 2.59 bits per heavy atom. The summed E-state index contributed by atoms with van der Waals surface area (Å²) in [6.45, 7) is 6.17. The number of nitrogen functional groups attached to an aromatic ring is 1. The summed E-state index contributed by atoms with van der Waals surface area (Å²) in [4.78, 5) is 0. The molecule has 0 bridgehead atoms. The van der Waals surface area contributed by atoms with E-state index >= 15 is 0 Å². The van der Waals surface area contributed by atoms with Gasteiger partial charge >= 0.3 is 0 Å². The quantitative estimate of drug-likeness (QED) is 0.826. The van der Waals surface area contributed by atoms with Crippen molar-refractivity contribution in [2.45, 2.75) is 26.8 Å². The largest absolute Gasteiger partial charge is 0.398 e. The molecule has 2 N–H and O–H groups in total. The van der Waals surface area contributed by atoms with Crippen LogP contribution in [0.4, 0.5) is 5.69 Å². The van der Waals surface area contributed by atoms with Crippen LogP contribution in [-0.2, 0) is 0 Å². The minimum atomic E-state index is 0.336. The lowest BCUT2D eigenvalue weighted by Crippen LogP contribution is -2.00. The first-order chi connectivity index (χ1) is 7.99. The predicted octanol–water partition coefficient (Wildman–Crippen LogP) is 3.68. The molecule has 2 aromatic rings. The third kappa shape index (κ3) is 2.29. The van der Waals surface area contributed by atoms with Crippen molar-refractivity contribution in [2.75, 3.05) is 5.73 Å². The highest BCUT2D eigenvalue weighted by Gasteiger charge is 2.11. The number of aromatic nitrogens is 2. The van der Waals surface area contributed by atoms with E-state index in [0.717, 1.165) is 22.5 Å². The van der Waals surface area contributed by atoms with Gasteiger partial charge in [-0.05, 0) is 39.0 Å². The van der Waals surface area contributed by atoms with E-state index in [0.29, 0.717) is 11.1 Å². The van der Waals surface area contributed by atoms with Gasteiger partial charge in [-0.1, -0.05) is 11.6 Å². The lowest BCUT2D eigenvalue weighted by atomic mass is 10.1. The molecular formula is C13H16ClN3. The lowest BCUT2D eigenvalue weighted by Gasteiger charge is -2.05. The molecule has 4 heteroatoms. The number of benzene rings is 1. The molecule has 17 heavy (non-hydrogen) atoms. The van der Waals surface area contributed by atoms with Crippen LogP contribution >= 0.6 is 11.6 Å². The molecule has 0 aliphatic carbocycles. The molecule has 0 saturated carbocycles. The highest BCUT2D eigenvalue weighted by Crippen LogP contribution is 2.31. The molecular weight excluding hydrogens is 234 g/mol. The molecule has 0 aliphatic heterocycles. The third-order valence-corrected chi connectivity index (χ3v) is 2.99. The van der Waals surface area contributed by atoms with Crippen molar-refractivity contribution in [3.05, 3.63) is 35.1 Å². The summed E-state index contributed by atoms with van der Waals surface area (Å²) in [7, 11) is 0. The fourth-order valence-corrected chi connectivity index (χ4v) is 1.94. The number of nitrogens with two attached hydrogens (primary N) is 1. The number of rotatable bonds is 2. The Bertz CT molecular complexity index is 544. The Labute approximate surface area is 106 Å². The van der Waals surface area contributed by atoms with Crippen LogP contribution in [0.1, 0.15) is 25.6 Å². The van der Waals surface area contributed by atoms with E-state index in [4.69, 9.17) is 17.3 Å². The van der Waals surface area contributed by atoms with Crippen molar-refractivity contribution in [3.8, 4) is 11.1 Å². The predicted molar refractivity (Wildman–Crippen MR) is 72.2 cm³/mol. The fraction of sp³-hybridized carbons (Fsp3) is 0.308. The molecule has 0 amide bonds. The van der Waals surface area contributed by atoms with Gasteiger partial charge in [0.25, 0.3) is 0 Å². The normalized spacial score (nSPS) is 11.1. The summed E-state index contributed by atoms with van der Waals surface area (Å²) in [5.74, 6) is 0. The summed E-state index contributed by atoms with van der Waals surface area (Å²) in [6.07, 6.45) is 2.02. The van der Waals surface area contributed by atoms with Crippen molar-refractivity contribution in [1.82, 2.24) is 9.78 Å². The van der Waals surface area contributed by atoms with Gasteiger partial charge in [0.05, 0.1) is 5.69 Å². The average Bonchev–Trinajstić information content (AvgIpc) is 2.64. The van der Waals surface area contributed by atoms with Crippen LogP contribution in [0.2, 0.25) is 5.02 Å². The third-order valence-electron chi connectivity index (χ3n) is 2.75. The van der Waals surface area contributed by atoms with Gasteiger partial charge in [0.15, 0.2) is 0 Å². The van der Waals surface area contributed by atoms with Crippen LogP contribution in [0.15, 0.2) is 24.4 Å². The zero-order chi connectivity index (χ0) is 12.6. The standard InChI is InChI=1S/C13H16ClN3/c1-8(2)17-7-12(9(3)16-17)11-6-10(14)4-5-13(11)15/h4-8H,15H2,1-3H3. The molecule has 1 aromatic heterocycles. The van der Waals surface area contributed by atoms with E-state index in [-0.39, 0.29) is 0 Å². The van der Waals surface area contributed by atoms with Crippen molar-refractivity contribution < 1.29 is 0 Å². The summed E-state index contributed by atoms with van der Waals surface area (Å²) < 4.78 is 1.94. The maximum Gasteiger partial charge on any atom is 0.0672 e. The highest BCUT2D eigenvalue weighted by atomic mass is 35.5. The highest BCUT2D eigenvalue weighted by molar-refractivity contribution is 6.31. The summed E-state index contributed by atoms with van der Waals surface area (Å²) in [5.41, 5.74) is 9.66. The van der Waals surface area contributed by atoms with Gasteiger partial charge in [-0.3, -0.25) is 4.68 Å². The molecule has 2 rings (SSSR count). The van der Waals surface area contributed by atoms with Gasteiger partial charge in [-0.25, -0.2) is 0 Å². The second kappa shape index (κ2) is 4.41. The Morgan fingerprint density at radius 1 is 1.29 bits per heavy atom. The molecule has 0 spiro atoms. The smallest absolute Gasteiger partial charge is 0.0672 e. The van der Waals surface area contributed by atoms with E-state index in [1.807, 2.05) is 29.9 Å². The van der Waals surface area contributed by atoms with Crippen LogP contribution in [0.5, 0.6) is 0 Å². The van der Waals surface area contributed by atoms with E-state index in [1.165, 1.54) is 0 Å². The lowest BCUT2D eigenvalue weighted by molar-refractivity contribution is 0.529. The molecule has 0 radical (unpaired) electrons. The van der Waals surface area contributed by atoms with Crippen LogP contribution in [0.25, 0.3) is 11.1 Å². The topological polar surface area (TPSA) is 43.8 Å². The number of hydrogen-bond acceptors (Lipinski definition) is 2. The van der Waals surface area contributed by atoms with E-state index in [1.54, 1.807) is 6.07 Å². The van der Waals surface area contributed by atoms with Crippen LogP contribution in [0.3, 0.4) is 0 Å². The van der Waals surface area contributed by atoms with Crippen molar-refractivity contribution in [3.63, 3.8) is 0 Å². The molecule has 1 aromatic carbocycles. The number of anilines is 1. The minimum Gasteiger partial charge on any atom is -0.398 e. The minimum absolute atomic E-state index is 0.336. The maximum atomic E-state index is 6.01. The fourth-order valence-electron chi connectivity index (χ4n) is 1.77. The molecule has 90 valence electrons. The first-order valence-electron chi connectivity index (χ1n) is 5.60. The molecule has 0 saturated heterocycles. The molecule has 0 fully saturated rings. The van der Waals surface area contributed by atoms with Gasteiger partial charge in [0.1, 0.15) is 0 Å². The second-order valence-corrected chi connectivity index (χ2v) is 4.87. The van der Waals surface area contributed by atoms with Crippen LogP contribution < -0.4 is 5.73 Å². The number of nitrogens with zero attached hydrogens (tertiary/aromatic N) is 2. The Morgan fingerprint density at radius 2 is 2.00 bits per heavy atom. The number of halogens is 1. The zero-order valence-corrected chi connectivity index (χ0v) is 11.0. The molecule has 0 aliphatic rings. The first kappa shape index (κ1) is 12.0. The van der Waals surface area contributed by atoms with Gasteiger partial charge in [-0.2, -0.15) is 5.10 Å². The van der Waals surface area contributed by atoms with Crippen LogP contribution in [-0.4, -0.2) is 9.78 Å². The summed E-state index contributed by atoms with van der Waals surface area (Å²) in [5, 5.41) is 5.16. The van der Waals surface area contributed by atoms with Crippen LogP contribution in [0, 0.1) is 6.92 Å². The average molecular weight is 250 g/mol. The molecule has 0 unspecified atom stereocenters.